The van der Waals surface area contributed by atoms with Crippen LogP contribution in [0.15, 0.2) is 18.2 Å². The summed E-state index contributed by atoms with van der Waals surface area (Å²) in [6, 6.07) is 4.05. The summed E-state index contributed by atoms with van der Waals surface area (Å²) in [4.78, 5) is 22.1. The van der Waals surface area contributed by atoms with Crippen molar-refractivity contribution in [2.75, 3.05) is 6.54 Å². The molecule has 0 saturated heterocycles. The summed E-state index contributed by atoms with van der Waals surface area (Å²) >= 11 is 5.96. The number of benzene rings is 1. The van der Waals surface area contributed by atoms with Crippen LogP contribution in [0.4, 0.5) is 5.69 Å². The number of aliphatic hydroxyl groups excluding tert-OH is 1. The standard InChI is InChI=1S/C15H21ClN2O4/c1-10(19)8-15(2,3)9-17-14(20)6-11-4-5-12(18(21)22)7-13(11)16/h4-5,7,10,19H,6,8-9H2,1-3H3,(H,17,20)/t10-/m0/s1. The minimum Gasteiger partial charge on any atom is -0.393 e. The molecule has 0 aromatic heterocycles. The number of aliphatic hydroxyl groups is 1. The molecule has 7 heteroatoms. The maximum absolute atomic E-state index is 11.9. The molecular formula is C15H21ClN2O4. The molecule has 0 fully saturated rings. The van der Waals surface area contributed by atoms with E-state index in [2.05, 4.69) is 5.32 Å². The smallest absolute Gasteiger partial charge is 0.270 e. The predicted octanol–water partition coefficient (Wildman–Crippen LogP) is 2.70. The van der Waals surface area contributed by atoms with Crippen molar-refractivity contribution in [2.24, 2.45) is 5.41 Å². The second-order valence-electron chi connectivity index (χ2n) is 6.20. The lowest BCUT2D eigenvalue weighted by Crippen LogP contribution is -2.36. The van der Waals surface area contributed by atoms with E-state index in [1.165, 1.54) is 18.2 Å². The van der Waals surface area contributed by atoms with Gasteiger partial charge in [-0.1, -0.05) is 31.5 Å². The van der Waals surface area contributed by atoms with Gasteiger partial charge in [-0.3, -0.25) is 14.9 Å². The first kappa shape index (κ1) is 18.4. The zero-order valence-corrected chi connectivity index (χ0v) is 13.7. The number of nitrogens with zero attached hydrogens (tertiary/aromatic N) is 1. The van der Waals surface area contributed by atoms with Crippen molar-refractivity contribution >= 4 is 23.2 Å². The van der Waals surface area contributed by atoms with E-state index in [1.807, 2.05) is 13.8 Å². The van der Waals surface area contributed by atoms with Crippen LogP contribution < -0.4 is 5.32 Å². The number of nitrogens with one attached hydrogen (secondary N) is 1. The topological polar surface area (TPSA) is 92.5 Å². The Morgan fingerprint density at radius 1 is 1.50 bits per heavy atom. The molecule has 0 spiro atoms. The molecule has 0 heterocycles. The lowest BCUT2D eigenvalue weighted by Gasteiger charge is -2.26. The molecule has 0 aliphatic rings. The van der Waals surface area contributed by atoms with Crippen molar-refractivity contribution in [1.29, 1.82) is 0 Å². The van der Waals surface area contributed by atoms with Gasteiger partial charge in [0.1, 0.15) is 0 Å². The van der Waals surface area contributed by atoms with Gasteiger partial charge in [-0.2, -0.15) is 0 Å². The molecule has 2 N–H and O–H groups in total. The minimum atomic E-state index is -0.533. The highest BCUT2D eigenvalue weighted by Crippen LogP contribution is 2.23. The summed E-state index contributed by atoms with van der Waals surface area (Å²) in [7, 11) is 0. The summed E-state index contributed by atoms with van der Waals surface area (Å²) in [5, 5.41) is 23.0. The molecule has 1 atom stereocenters. The number of hydrogen-bond acceptors (Lipinski definition) is 4. The second kappa shape index (κ2) is 7.56. The lowest BCUT2D eigenvalue weighted by atomic mass is 9.87. The molecular weight excluding hydrogens is 308 g/mol. The number of amides is 1. The summed E-state index contributed by atoms with van der Waals surface area (Å²) in [5.74, 6) is -0.213. The summed E-state index contributed by atoms with van der Waals surface area (Å²) < 4.78 is 0. The summed E-state index contributed by atoms with van der Waals surface area (Å²) in [6.07, 6.45) is 0.198. The third kappa shape index (κ3) is 5.99. The Balaban J connectivity index is 2.61. The number of hydrogen-bond donors (Lipinski definition) is 2. The number of halogens is 1. The van der Waals surface area contributed by atoms with Crippen molar-refractivity contribution in [1.82, 2.24) is 5.32 Å². The number of non-ortho nitro benzene ring substituents is 1. The van der Waals surface area contributed by atoms with E-state index in [1.54, 1.807) is 6.92 Å². The van der Waals surface area contributed by atoms with E-state index < -0.39 is 11.0 Å². The summed E-state index contributed by atoms with van der Waals surface area (Å²) in [5.41, 5.74) is 0.216. The Kier molecular flexibility index (Phi) is 6.32. The fourth-order valence-corrected chi connectivity index (χ4v) is 2.48. The Bertz CT molecular complexity index is 558. The fourth-order valence-electron chi connectivity index (χ4n) is 2.24. The van der Waals surface area contributed by atoms with E-state index in [9.17, 15) is 20.0 Å². The van der Waals surface area contributed by atoms with Gasteiger partial charge in [0.05, 0.1) is 22.5 Å². The largest absolute Gasteiger partial charge is 0.393 e. The first-order chi connectivity index (χ1) is 10.1. The van der Waals surface area contributed by atoms with Gasteiger partial charge in [0.2, 0.25) is 5.91 Å². The Hall–Kier alpha value is -1.66. The third-order valence-corrected chi connectivity index (χ3v) is 3.56. The highest BCUT2D eigenvalue weighted by molar-refractivity contribution is 6.31. The van der Waals surface area contributed by atoms with Gasteiger partial charge in [-0.15, -0.1) is 0 Å². The monoisotopic (exact) mass is 328 g/mol. The molecule has 0 aliphatic heterocycles. The van der Waals surface area contributed by atoms with Gasteiger partial charge < -0.3 is 10.4 Å². The van der Waals surface area contributed by atoms with Crippen LogP contribution in [0.1, 0.15) is 32.8 Å². The second-order valence-corrected chi connectivity index (χ2v) is 6.61. The van der Waals surface area contributed by atoms with Crippen molar-refractivity contribution in [3.63, 3.8) is 0 Å². The van der Waals surface area contributed by atoms with Crippen LogP contribution >= 0.6 is 11.6 Å². The van der Waals surface area contributed by atoms with Crippen LogP contribution in [-0.2, 0) is 11.2 Å². The van der Waals surface area contributed by atoms with E-state index in [-0.39, 0.29) is 28.5 Å². The number of carbonyl (C=O) groups excluding carboxylic acids is 1. The van der Waals surface area contributed by atoms with Gasteiger partial charge in [-0.25, -0.2) is 0 Å². The van der Waals surface area contributed by atoms with E-state index >= 15 is 0 Å². The van der Waals surface area contributed by atoms with Crippen molar-refractivity contribution in [2.45, 2.75) is 39.7 Å². The minimum absolute atomic E-state index is 0.0571. The summed E-state index contributed by atoms with van der Waals surface area (Å²) in [6.45, 7) is 6.05. The van der Waals surface area contributed by atoms with E-state index in [0.717, 1.165) is 0 Å². The van der Waals surface area contributed by atoms with E-state index in [4.69, 9.17) is 11.6 Å². The zero-order valence-electron chi connectivity index (χ0n) is 12.9. The Morgan fingerprint density at radius 3 is 2.64 bits per heavy atom. The predicted molar refractivity (Wildman–Crippen MR) is 84.9 cm³/mol. The zero-order chi connectivity index (χ0) is 16.9. The SMILES string of the molecule is C[C@H](O)CC(C)(C)CNC(=O)Cc1ccc([N+](=O)[O-])cc1Cl. The van der Waals surface area contributed by atoms with Crippen LogP contribution in [-0.4, -0.2) is 28.6 Å². The molecule has 0 radical (unpaired) electrons. The molecule has 1 rings (SSSR count). The van der Waals surface area contributed by atoms with Crippen LogP contribution in [0.3, 0.4) is 0 Å². The number of rotatable bonds is 7. The molecule has 0 aliphatic carbocycles. The van der Waals surface area contributed by atoms with Crippen LogP contribution in [0, 0.1) is 15.5 Å². The van der Waals surface area contributed by atoms with Gasteiger partial charge in [0, 0.05) is 18.7 Å². The molecule has 1 aromatic carbocycles. The Morgan fingerprint density at radius 2 is 2.14 bits per heavy atom. The maximum Gasteiger partial charge on any atom is 0.270 e. The highest BCUT2D eigenvalue weighted by Gasteiger charge is 2.21. The lowest BCUT2D eigenvalue weighted by molar-refractivity contribution is -0.384. The van der Waals surface area contributed by atoms with Gasteiger partial charge in [-0.05, 0) is 24.3 Å². The van der Waals surface area contributed by atoms with Crippen LogP contribution in [0.5, 0.6) is 0 Å². The highest BCUT2D eigenvalue weighted by atomic mass is 35.5. The molecule has 22 heavy (non-hydrogen) atoms. The molecule has 6 nitrogen and oxygen atoms in total. The first-order valence-corrected chi connectivity index (χ1v) is 7.36. The van der Waals surface area contributed by atoms with E-state index in [0.29, 0.717) is 18.5 Å². The van der Waals surface area contributed by atoms with Gasteiger partial charge >= 0.3 is 0 Å². The molecule has 1 amide bonds. The number of nitro benzene ring substituents is 1. The third-order valence-electron chi connectivity index (χ3n) is 3.21. The number of carbonyl (C=O) groups is 1. The molecule has 0 bridgehead atoms. The van der Waals surface area contributed by atoms with Crippen molar-refractivity contribution < 1.29 is 14.8 Å². The molecule has 1 aromatic rings. The van der Waals surface area contributed by atoms with Crippen molar-refractivity contribution in [3.05, 3.63) is 38.9 Å². The first-order valence-electron chi connectivity index (χ1n) is 6.98. The van der Waals surface area contributed by atoms with Crippen LogP contribution in [0.2, 0.25) is 5.02 Å². The Labute approximate surface area is 134 Å². The van der Waals surface area contributed by atoms with Crippen LogP contribution in [0.25, 0.3) is 0 Å². The maximum atomic E-state index is 11.9. The average molecular weight is 329 g/mol. The fraction of sp³-hybridized carbons (Fsp3) is 0.533. The molecule has 0 saturated carbocycles. The molecule has 122 valence electrons. The van der Waals surface area contributed by atoms with Gasteiger partial charge in [0.25, 0.3) is 5.69 Å². The molecule has 0 unspecified atom stereocenters. The number of nitro groups is 1. The average Bonchev–Trinajstić information content (AvgIpc) is 2.37. The quantitative estimate of drug-likeness (QED) is 0.594. The van der Waals surface area contributed by atoms with Crippen molar-refractivity contribution in [3.8, 4) is 0 Å². The normalized spacial score (nSPS) is 12.8. The van der Waals surface area contributed by atoms with Gasteiger partial charge in [0.15, 0.2) is 0 Å².